The number of alkyl halides is 2. The highest BCUT2D eigenvalue weighted by Gasteiger charge is 2.10. The highest BCUT2D eigenvalue weighted by molar-refractivity contribution is 9.10. The third kappa shape index (κ3) is 6.63. The third-order valence-corrected chi connectivity index (χ3v) is 2.93. The van der Waals surface area contributed by atoms with Gasteiger partial charge in [0.15, 0.2) is 0 Å². The van der Waals surface area contributed by atoms with Crippen LogP contribution >= 0.6 is 15.9 Å². The maximum atomic E-state index is 11.8. The van der Waals surface area contributed by atoms with E-state index in [4.69, 9.17) is 0 Å². The van der Waals surface area contributed by atoms with Gasteiger partial charge in [0.1, 0.15) is 6.61 Å². The van der Waals surface area contributed by atoms with Crippen LogP contribution in [-0.4, -0.2) is 37.5 Å². The molecule has 1 rings (SSSR count). The summed E-state index contributed by atoms with van der Waals surface area (Å²) in [5.41, 5.74) is 0.999. The van der Waals surface area contributed by atoms with Gasteiger partial charge in [-0.15, -0.1) is 0 Å². The first-order chi connectivity index (χ1) is 8.99. The van der Waals surface area contributed by atoms with Crippen LogP contribution in [0.3, 0.4) is 0 Å². The number of ether oxygens (including phenoxy) is 1. The van der Waals surface area contributed by atoms with Crippen LogP contribution in [0.5, 0.6) is 0 Å². The second-order valence-corrected chi connectivity index (χ2v) is 5.01. The molecule has 0 N–H and O–H groups in total. The molecule has 3 nitrogen and oxygen atoms in total. The van der Waals surface area contributed by atoms with Gasteiger partial charge in [-0.05, 0) is 17.7 Å². The maximum Gasteiger partial charge on any atom is 0.261 e. The first-order valence-corrected chi connectivity index (χ1v) is 6.62. The molecule has 0 heterocycles. The standard InChI is InChI=1S/C13H16BrF2NO2/c1-17(8-10-3-2-4-11(14)7-10)13(18)5-6-19-9-12(15)16/h2-4,7,12H,5-6,8-9H2,1H3. The fraction of sp³-hybridized carbons (Fsp3) is 0.462. The van der Waals surface area contributed by atoms with E-state index in [1.165, 1.54) is 0 Å². The van der Waals surface area contributed by atoms with Crippen molar-refractivity contribution in [2.24, 2.45) is 0 Å². The molecule has 1 amide bonds. The Morgan fingerprint density at radius 1 is 1.47 bits per heavy atom. The second-order valence-electron chi connectivity index (χ2n) is 4.10. The third-order valence-electron chi connectivity index (χ3n) is 2.44. The van der Waals surface area contributed by atoms with E-state index < -0.39 is 13.0 Å². The molecule has 6 heteroatoms. The predicted molar refractivity (Wildman–Crippen MR) is 72.1 cm³/mol. The van der Waals surface area contributed by atoms with Crippen LogP contribution in [0.2, 0.25) is 0 Å². The van der Waals surface area contributed by atoms with Crippen LogP contribution in [0.25, 0.3) is 0 Å². The average molecular weight is 336 g/mol. The van der Waals surface area contributed by atoms with Gasteiger partial charge in [-0.1, -0.05) is 28.1 Å². The van der Waals surface area contributed by atoms with Crippen LogP contribution in [-0.2, 0) is 16.1 Å². The van der Waals surface area contributed by atoms with Gasteiger partial charge in [0, 0.05) is 18.1 Å². The fourth-order valence-electron chi connectivity index (χ4n) is 1.52. The Morgan fingerprint density at radius 3 is 2.84 bits per heavy atom. The Morgan fingerprint density at radius 2 is 2.21 bits per heavy atom. The van der Waals surface area contributed by atoms with Crippen molar-refractivity contribution in [3.05, 3.63) is 34.3 Å². The molecule has 0 unspecified atom stereocenters. The summed E-state index contributed by atoms with van der Waals surface area (Å²) in [6.07, 6.45) is -2.38. The highest BCUT2D eigenvalue weighted by atomic mass is 79.9. The normalized spacial score (nSPS) is 10.8. The van der Waals surface area contributed by atoms with Crippen molar-refractivity contribution in [2.45, 2.75) is 19.4 Å². The Kier molecular flexibility index (Phi) is 6.94. The number of hydrogen-bond donors (Lipinski definition) is 0. The minimum atomic E-state index is -2.49. The maximum absolute atomic E-state index is 11.8. The van der Waals surface area contributed by atoms with E-state index in [0.29, 0.717) is 6.54 Å². The summed E-state index contributed by atoms with van der Waals surface area (Å²) in [6.45, 7) is -0.123. The molecule has 1 aromatic carbocycles. The Bertz CT molecular complexity index is 415. The summed E-state index contributed by atoms with van der Waals surface area (Å²) < 4.78 is 29.3. The average Bonchev–Trinajstić information content (AvgIpc) is 2.34. The summed E-state index contributed by atoms with van der Waals surface area (Å²) in [6, 6.07) is 7.64. The number of carbonyl (C=O) groups excluding carboxylic acids is 1. The Labute approximate surface area is 119 Å². The van der Waals surface area contributed by atoms with Crippen LogP contribution in [0.4, 0.5) is 8.78 Å². The zero-order valence-electron chi connectivity index (χ0n) is 10.6. The minimum Gasteiger partial charge on any atom is -0.375 e. The summed E-state index contributed by atoms with van der Waals surface area (Å²) >= 11 is 3.36. The number of halogens is 3. The monoisotopic (exact) mass is 335 g/mol. The number of carbonyl (C=O) groups is 1. The van der Waals surface area contributed by atoms with Gasteiger partial charge >= 0.3 is 0 Å². The summed E-state index contributed by atoms with van der Waals surface area (Å²) in [5.74, 6) is -0.130. The second kappa shape index (κ2) is 8.22. The lowest BCUT2D eigenvalue weighted by Gasteiger charge is -2.17. The van der Waals surface area contributed by atoms with Crippen molar-refractivity contribution in [3.8, 4) is 0 Å². The van der Waals surface area contributed by atoms with E-state index in [9.17, 15) is 13.6 Å². The van der Waals surface area contributed by atoms with Gasteiger partial charge in [-0.3, -0.25) is 4.79 Å². The van der Waals surface area contributed by atoms with E-state index in [1.807, 2.05) is 24.3 Å². The number of amides is 1. The molecule has 0 bridgehead atoms. The molecule has 106 valence electrons. The molecule has 0 aliphatic carbocycles. The zero-order valence-corrected chi connectivity index (χ0v) is 12.2. The number of rotatable bonds is 7. The fourth-order valence-corrected chi connectivity index (χ4v) is 1.97. The van der Waals surface area contributed by atoms with Crippen molar-refractivity contribution in [1.82, 2.24) is 4.90 Å². The quantitative estimate of drug-likeness (QED) is 0.716. The van der Waals surface area contributed by atoms with Crippen molar-refractivity contribution < 1.29 is 18.3 Å². The van der Waals surface area contributed by atoms with Gasteiger partial charge in [0.25, 0.3) is 6.43 Å². The van der Waals surface area contributed by atoms with Crippen molar-refractivity contribution in [3.63, 3.8) is 0 Å². The minimum absolute atomic E-state index is 0.0198. The van der Waals surface area contributed by atoms with Crippen LogP contribution < -0.4 is 0 Å². The van der Waals surface area contributed by atoms with Crippen LogP contribution in [0, 0.1) is 0 Å². The predicted octanol–water partition coefficient (Wildman–Crippen LogP) is 3.08. The lowest BCUT2D eigenvalue weighted by Crippen LogP contribution is -2.27. The van der Waals surface area contributed by atoms with Crippen molar-refractivity contribution >= 4 is 21.8 Å². The molecule has 0 saturated carbocycles. The van der Waals surface area contributed by atoms with Crippen LogP contribution in [0.15, 0.2) is 28.7 Å². The van der Waals surface area contributed by atoms with Crippen LogP contribution in [0.1, 0.15) is 12.0 Å². The lowest BCUT2D eigenvalue weighted by atomic mass is 10.2. The molecule has 0 saturated heterocycles. The highest BCUT2D eigenvalue weighted by Crippen LogP contribution is 2.13. The smallest absolute Gasteiger partial charge is 0.261 e. The molecule has 0 atom stereocenters. The molecule has 1 aromatic rings. The lowest BCUT2D eigenvalue weighted by molar-refractivity contribution is -0.132. The topological polar surface area (TPSA) is 29.5 Å². The van der Waals surface area contributed by atoms with Gasteiger partial charge in [0.2, 0.25) is 5.91 Å². The van der Waals surface area contributed by atoms with Crippen molar-refractivity contribution in [2.75, 3.05) is 20.3 Å². The van der Waals surface area contributed by atoms with Crippen molar-refractivity contribution in [1.29, 1.82) is 0 Å². The van der Waals surface area contributed by atoms with Gasteiger partial charge in [-0.2, -0.15) is 0 Å². The molecule has 0 fully saturated rings. The first-order valence-electron chi connectivity index (χ1n) is 5.83. The first kappa shape index (κ1) is 16.0. The molecule has 19 heavy (non-hydrogen) atoms. The molecule has 0 aromatic heterocycles. The van der Waals surface area contributed by atoms with Gasteiger partial charge < -0.3 is 9.64 Å². The molecule has 0 aliphatic heterocycles. The Balaban J connectivity index is 2.32. The largest absolute Gasteiger partial charge is 0.375 e. The summed E-state index contributed by atoms with van der Waals surface area (Å²) in [5, 5.41) is 0. The molecular weight excluding hydrogens is 320 g/mol. The molecule has 0 radical (unpaired) electrons. The molecule has 0 aliphatic rings. The number of benzene rings is 1. The summed E-state index contributed by atoms with van der Waals surface area (Å²) in [7, 11) is 1.68. The zero-order chi connectivity index (χ0) is 14.3. The Hall–Kier alpha value is -1.01. The molecular formula is C13H16BrF2NO2. The van der Waals surface area contributed by atoms with E-state index in [1.54, 1.807) is 11.9 Å². The van der Waals surface area contributed by atoms with E-state index in [-0.39, 0.29) is 18.9 Å². The number of nitrogens with zero attached hydrogens (tertiary/aromatic N) is 1. The van der Waals surface area contributed by atoms with E-state index in [2.05, 4.69) is 20.7 Å². The van der Waals surface area contributed by atoms with E-state index in [0.717, 1.165) is 10.0 Å². The van der Waals surface area contributed by atoms with E-state index >= 15 is 0 Å². The van der Waals surface area contributed by atoms with Gasteiger partial charge in [0.05, 0.1) is 13.0 Å². The van der Waals surface area contributed by atoms with Gasteiger partial charge in [-0.25, -0.2) is 8.78 Å². The molecule has 0 spiro atoms. The number of hydrogen-bond acceptors (Lipinski definition) is 2. The summed E-state index contributed by atoms with van der Waals surface area (Å²) in [4.78, 5) is 13.3. The SMILES string of the molecule is CN(Cc1cccc(Br)c1)C(=O)CCOCC(F)F.